The number of benzene rings is 1. The molecule has 1 atom stereocenters. The average Bonchev–Trinajstić information content (AvgIpc) is 2.43. The van der Waals surface area contributed by atoms with Crippen LogP contribution >= 0.6 is 11.6 Å². The summed E-state index contributed by atoms with van der Waals surface area (Å²) in [6.45, 7) is 4.65. The van der Waals surface area contributed by atoms with Crippen LogP contribution in [-0.2, 0) is 0 Å². The van der Waals surface area contributed by atoms with Gasteiger partial charge < -0.3 is 15.2 Å². The molecule has 1 aromatic carbocycles. The minimum atomic E-state index is -0.548. The summed E-state index contributed by atoms with van der Waals surface area (Å²) in [7, 11) is 0. The molecule has 0 spiro atoms. The van der Waals surface area contributed by atoms with Crippen molar-refractivity contribution in [1.82, 2.24) is 0 Å². The smallest absolute Gasteiger partial charge is 0.142 e. The highest BCUT2D eigenvalue weighted by atomic mass is 35.5. The molecule has 0 aromatic heterocycles. The van der Waals surface area contributed by atoms with Crippen LogP contribution in [0.2, 0.25) is 0 Å². The molecule has 1 unspecified atom stereocenters. The summed E-state index contributed by atoms with van der Waals surface area (Å²) in [5.74, 6) is 1.05. The maximum atomic E-state index is 9.45. The molecule has 4 heteroatoms. The second-order valence-electron chi connectivity index (χ2n) is 4.24. The lowest BCUT2D eigenvalue weighted by Gasteiger charge is -2.19. The molecule has 3 nitrogen and oxygen atoms in total. The van der Waals surface area contributed by atoms with Crippen molar-refractivity contribution < 1.29 is 9.84 Å². The molecule has 0 radical (unpaired) electrons. The Kier molecular flexibility index (Phi) is 6.91. The number of anilines is 1. The summed E-state index contributed by atoms with van der Waals surface area (Å²) >= 11 is 5.57. The Labute approximate surface area is 114 Å². The van der Waals surface area contributed by atoms with Gasteiger partial charge >= 0.3 is 0 Å². The standard InChI is InChI=1S/C14H22ClNO2/c1-3-12(4-2)18-14-8-6-5-7-13(14)16-10-11(17)9-15/h5-8,11-12,16-17H,3-4,9-10H2,1-2H3. The summed E-state index contributed by atoms with van der Waals surface area (Å²) in [5, 5.41) is 12.6. The Balaban J connectivity index is 2.66. The van der Waals surface area contributed by atoms with E-state index >= 15 is 0 Å². The van der Waals surface area contributed by atoms with Crippen LogP contribution in [0.3, 0.4) is 0 Å². The molecule has 0 saturated carbocycles. The third-order valence-corrected chi connectivity index (χ3v) is 3.15. The fourth-order valence-electron chi connectivity index (χ4n) is 1.63. The lowest BCUT2D eigenvalue weighted by Crippen LogP contribution is -2.21. The summed E-state index contributed by atoms with van der Waals surface area (Å²) in [5.41, 5.74) is 0.897. The van der Waals surface area contributed by atoms with Crippen molar-refractivity contribution in [3.8, 4) is 5.75 Å². The van der Waals surface area contributed by atoms with Crippen molar-refractivity contribution in [2.75, 3.05) is 17.7 Å². The molecule has 0 fully saturated rings. The number of aliphatic hydroxyl groups is 1. The highest BCUT2D eigenvalue weighted by Gasteiger charge is 2.10. The number of hydrogen-bond acceptors (Lipinski definition) is 3. The van der Waals surface area contributed by atoms with Crippen molar-refractivity contribution in [1.29, 1.82) is 0 Å². The van der Waals surface area contributed by atoms with E-state index in [-0.39, 0.29) is 12.0 Å². The molecule has 0 heterocycles. The number of rotatable bonds is 8. The number of aliphatic hydroxyl groups excluding tert-OH is 1. The Morgan fingerprint density at radius 1 is 1.28 bits per heavy atom. The summed E-state index contributed by atoms with van der Waals surface area (Å²) in [4.78, 5) is 0. The van der Waals surface area contributed by atoms with Crippen LogP contribution in [-0.4, -0.2) is 29.7 Å². The minimum Gasteiger partial charge on any atom is -0.488 e. The van der Waals surface area contributed by atoms with E-state index in [2.05, 4.69) is 19.2 Å². The molecule has 18 heavy (non-hydrogen) atoms. The van der Waals surface area contributed by atoms with E-state index in [1.165, 1.54) is 0 Å². The molecule has 0 aliphatic carbocycles. The third kappa shape index (κ3) is 4.75. The first-order valence-electron chi connectivity index (χ1n) is 6.44. The normalized spacial score (nSPS) is 12.5. The molecule has 0 amide bonds. The number of alkyl halides is 1. The Morgan fingerprint density at radius 2 is 1.94 bits per heavy atom. The molecule has 0 saturated heterocycles. The van der Waals surface area contributed by atoms with E-state index in [4.69, 9.17) is 16.3 Å². The predicted molar refractivity (Wildman–Crippen MR) is 76.7 cm³/mol. The largest absolute Gasteiger partial charge is 0.488 e. The van der Waals surface area contributed by atoms with Crippen LogP contribution < -0.4 is 10.1 Å². The number of ether oxygens (including phenoxy) is 1. The lowest BCUT2D eigenvalue weighted by molar-refractivity contribution is 0.193. The van der Waals surface area contributed by atoms with Crippen LogP contribution in [0, 0.1) is 0 Å². The highest BCUT2D eigenvalue weighted by Crippen LogP contribution is 2.26. The summed E-state index contributed by atoms with van der Waals surface area (Å²) < 4.78 is 5.93. The predicted octanol–water partition coefficient (Wildman–Crippen LogP) is 3.27. The highest BCUT2D eigenvalue weighted by molar-refractivity contribution is 6.18. The molecular weight excluding hydrogens is 250 g/mol. The molecule has 0 aliphatic rings. The second-order valence-corrected chi connectivity index (χ2v) is 4.55. The van der Waals surface area contributed by atoms with Gasteiger partial charge in [0, 0.05) is 6.54 Å². The average molecular weight is 272 g/mol. The van der Waals surface area contributed by atoms with E-state index in [0.717, 1.165) is 24.3 Å². The van der Waals surface area contributed by atoms with Gasteiger partial charge in [-0.25, -0.2) is 0 Å². The van der Waals surface area contributed by atoms with Gasteiger partial charge in [0.05, 0.1) is 23.8 Å². The first-order valence-corrected chi connectivity index (χ1v) is 6.98. The maximum Gasteiger partial charge on any atom is 0.142 e. The van der Waals surface area contributed by atoms with E-state index in [1.807, 2.05) is 24.3 Å². The maximum absolute atomic E-state index is 9.45. The first-order chi connectivity index (χ1) is 8.71. The van der Waals surface area contributed by atoms with E-state index in [0.29, 0.717) is 6.54 Å². The number of para-hydroxylation sites is 2. The van der Waals surface area contributed by atoms with Crippen LogP contribution in [0.25, 0.3) is 0 Å². The zero-order valence-corrected chi connectivity index (χ0v) is 11.8. The van der Waals surface area contributed by atoms with Gasteiger partial charge in [0.25, 0.3) is 0 Å². The van der Waals surface area contributed by atoms with Gasteiger partial charge in [0.15, 0.2) is 0 Å². The van der Waals surface area contributed by atoms with Gasteiger partial charge in [-0.05, 0) is 25.0 Å². The zero-order valence-electron chi connectivity index (χ0n) is 11.0. The summed E-state index contributed by atoms with van der Waals surface area (Å²) in [6.07, 6.45) is 1.64. The zero-order chi connectivity index (χ0) is 13.4. The van der Waals surface area contributed by atoms with E-state index in [9.17, 15) is 5.11 Å². The van der Waals surface area contributed by atoms with Crippen molar-refractivity contribution in [3.63, 3.8) is 0 Å². The van der Waals surface area contributed by atoms with Crippen LogP contribution in [0.1, 0.15) is 26.7 Å². The van der Waals surface area contributed by atoms with Gasteiger partial charge in [0.1, 0.15) is 5.75 Å². The molecule has 1 rings (SSSR count). The fraction of sp³-hybridized carbons (Fsp3) is 0.571. The van der Waals surface area contributed by atoms with Crippen molar-refractivity contribution in [3.05, 3.63) is 24.3 Å². The molecule has 0 aliphatic heterocycles. The van der Waals surface area contributed by atoms with Gasteiger partial charge in [-0.1, -0.05) is 26.0 Å². The monoisotopic (exact) mass is 271 g/mol. The van der Waals surface area contributed by atoms with Gasteiger partial charge in [-0.2, -0.15) is 0 Å². The van der Waals surface area contributed by atoms with E-state index in [1.54, 1.807) is 0 Å². The number of halogens is 1. The summed E-state index contributed by atoms with van der Waals surface area (Å²) in [6, 6.07) is 7.77. The van der Waals surface area contributed by atoms with Crippen molar-refractivity contribution in [2.24, 2.45) is 0 Å². The van der Waals surface area contributed by atoms with Gasteiger partial charge in [0.2, 0.25) is 0 Å². The molecule has 0 bridgehead atoms. The minimum absolute atomic E-state index is 0.225. The SMILES string of the molecule is CCC(CC)Oc1ccccc1NCC(O)CCl. The van der Waals surface area contributed by atoms with Crippen LogP contribution in [0.15, 0.2) is 24.3 Å². The quantitative estimate of drug-likeness (QED) is 0.713. The van der Waals surface area contributed by atoms with Crippen molar-refractivity contribution in [2.45, 2.75) is 38.9 Å². The van der Waals surface area contributed by atoms with Gasteiger partial charge in [-0.15, -0.1) is 11.6 Å². The Hall–Kier alpha value is -0.930. The molecular formula is C14H22ClNO2. The third-order valence-electron chi connectivity index (χ3n) is 2.80. The van der Waals surface area contributed by atoms with Crippen LogP contribution in [0.4, 0.5) is 5.69 Å². The molecule has 1 aromatic rings. The lowest BCUT2D eigenvalue weighted by atomic mass is 10.2. The van der Waals surface area contributed by atoms with E-state index < -0.39 is 6.10 Å². The fourth-order valence-corrected chi connectivity index (χ4v) is 1.74. The van der Waals surface area contributed by atoms with Crippen LogP contribution in [0.5, 0.6) is 5.75 Å². The Morgan fingerprint density at radius 3 is 2.56 bits per heavy atom. The second kappa shape index (κ2) is 8.22. The Bertz CT molecular complexity index is 342. The van der Waals surface area contributed by atoms with Gasteiger partial charge in [-0.3, -0.25) is 0 Å². The first kappa shape index (κ1) is 15.1. The number of nitrogens with one attached hydrogen (secondary N) is 1. The number of hydrogen-bond donors (Lipinski definition) is 2. The topological polar surface area (TPSA) is 41.5 Å². The molecule has 2 N–H and O–H groups in total. The van der Waals surface area contributed by atoms with Crippen molar-refractivity contribution >= 4 is 17.3 Å². The molecule has 102 valence electrons.